The molecule has 1 N–H and O–H groups in total. The highest BCUT2D eigenvalue weighted by Gasteiger charge is 2.29. The van der Waals surface area contributed by atoms with Gasteiger partial charge in [-0.2, -0.15) is 0 Å². The molecule has 20 heavy (non-hydrogen) atoms. The van der Waals surface area contributed by atoms with Gasteiger partial charge >= 0.3 is 0 Å². The first-order chi connectivity index (χ1) is 9.54. The summed E-state index contributed by atoms with van der Waals surface area (Å²) in [5.41, 5.74) is 2.47. The van der Waals surface area contributed by atoms with Crippen LogP contribution in [0.2, 0.25) is 0 Å². The minimum absolute atomic E-state index is 0.00523. The first kappa shape index (κ1) is 13.2. The maximum atomic E-state index is 12.5. The van der Waals surface area contributed by atoms with Crippen LogP contribution in [-0.4, -0.2) is 29.8 Å². The van der Waals surface area contributed by atoms with E-state index in [-0.39, 0.29) is 11.8 Å². The summed E-state index contributed by atoms with van der Waals surface area (Å²) >= 11 is 0. The summed E-state index contributed by atoms with van der Waals surface area (Å²) in [6.07, 6.45) is 1.47. The van der Waals surface area contributed by atoms with Gasteiger partial charge in [-0.1, -0.05) is 13.8 Å². The van der Waals surface area contributed by atoms with Crippen LogP contribution < -0.4 is 5.32 Å². The second-order valence-electron chi connectivity index (χ2n) is 6.14. The molecule has 0 aromatic heterocycles. The number of rotatable bonds is 2. The molecule has 1 unspecified atom stereocenters. The van der Waals surface area contributed by atoms with E-state index in [1.807, 2.05) is 23.1 Å². The first-order valence-corrected chi connectivity index (χ1v) is 7.26. The molecule has 3 rings (SSSR count). The van der Waals surface area contributed by atoms with Crippen molar-refractivity contribution in [1.29, 1.82) is 0 Å². The molecule has 1 atom stereocenters. The van der Waals surface area contributed by atoms with E-state index in [9.17, 15) is 9.59 Å². The van der Waals surface area contributed by atoms with E-state index in [0.29, 0.717) is 23.8 Å². The van der Waals surface area contributed by atoms with Crippen molar-refractivity contribution in [2.75, 3.05) is 18.4 Å². The number of hydrogen-bond donors (Lipinski definition) is 1. The fraction of sp³-hybridized carbons (Fsp3) is 0.500. The Morgan fingerprint density at radius 2 is 2.20 bits per heavy atom. The molecule has 2 aliphatic rings. The Hall–Kier alpha value is -1.84. The van der Waals surface area contributed by atoms with Gasteiger partial charge in [0, 0.05) is 24.3 Å². The molecule has 2 heterocycles. The minimum atomic E-state index is 0.00523. The normalized spacial score (nSPS) is 21.2. The minimum Gasteiger partial charge on any atom is -0.338 e. The van der Waals surface area contributed by atoms with Gasteiger partial charge in [-0.3, -0.25) is 9.59 Å². The summed E-state index contributed by atoms with van der Waals surface area (Å²) in [7, 11) is 0. The van der Waals surface area contributed by atoms with E-state index in [1.54, 1.807) is 0 Å². The average Bonchev–Trinajstić information content (AvgIpc) is 3.02. The molecule has 1 aromatic rings. The van der Waals surface area contributed by atoms with Gasteiger partial charge in [0.25, 0.3) is 5.91 Å². The number of carbonyl (C=O) groups is 2. The molecular weight excluding hydrogens is 252 g/mol. The van der Waals surface area contributed by atoms with Crippen LogP contribution in [0.15, 0.2) is 18.2 Å². The van der Waals surface area contributed by atoms with Gasteiger partial charge in [0.2, 0.25) is 5.91 Å². The summed E-state index contributed by atoms with van der Waals surface area (Å²) in [4.78, 5) is 25.8. The summed E-state index contributed by atoms with van der Waals surface area (Å²) in [5, 5.41) is 2.79. The van der Waals surface area contributed by atoms with E-state index in [1.165, 1.54) is 0 Å². The zero-order chi connectivity index (χ0) is 14.3. The van der Waals surface area contributed by atoms with Crippen molar-refractivity contribution < 1.29 is 9.59 Å². The Bertz CT molecular complexity index is 566. The number of anilines is 1. The lowest BCUT2D eigenvalue weighted by molar-refractivity contribution is -0.115. The summed E-state index contributed by atoms with van der Waals surface area (Å²) in [6.45, 7) is 6.12. The van der Waals surface area contributed by atoms with Crippen molar-refractivity contribution in [2.45, 2.75) is 26.7 Å². The van der Waals surface area contributed by atoms with Gasteiger partial charge in [0.15, 0.2) is 0 Å². The van der Waals surface area contributed by atoms with Crippen molar-refractivity contribution >= 4 is 17.5 Å². The van der Waals surface area contributed by atoms with Crippen LogP contribution in [0.4, 0.5) is 5.69 Å². The van der Waals surface area contributed by atoms with Gasteiger partial charge in [-0.25, -0.2) is 0 Å². The third-order valence-corrected chi connectivity index (χ3v) is 4.43. The lowest BCUT2D eigenvalue weighted by Crippen LogP contribution is -2.29. The van der Waals surface area contributed by atoms with E-state index in [4.69, 9.17) is 0 Å². The molecule has 1 aromatic carbocycles. The van der Waals surface area contributed by atoms with Crippen LogP contribution in [-0.2, 0) is 11.2 Å². The second-order valence-corrected chi connectivity index (χ2v) is 6.14. The Kier molecular flexibility index (Phi) is 3.24. The van der Waals surface area contributed by atoms with Gasteiger partial charge in [-0.05, 0) is 42.0 Å². The number of benzene rings is 1. The molecule has 4 heteroatoms. The van der Waals surface area contributed by atoms with Crippen molar-refractivity contribution in [1.82, 2.24) is 4.90 Å². The lowest BCUT2D eigenvalue weighted by atomic mass is 9.95. The molecule has 0 aliphatic carbocycles. The SMILES string of the molecule is CC(C)C1CCN(C(=O)c2ccc3c(c2)CC(=O)N3)C1. The smallest absolute Gasteiger partial charge is 0.253 e. The largest absolute Gasteiger partial charge is 0.338 e. The van der Waals surface area contributed by atoms with E-state index in [0.717, 1.165) is 30.8 Å². The van der Waals surface area contributed by atoms with Crippen molar-refractivity contribution in [2.24, 2.45) is 11.8 Å². The summed E-state index contributed by atoms with van der Waals surface area (Å²) in [6, 6.07) is 5.51. The monoisotopic (exact) mass is 272 g/mol. The lowest BCUT2D eigenvalue weighted by Gasteiger charge is -2.18. The number of likely N-dealkylation sites (tertiary alicyclic amines) is 1. The van der Waals surface area contributed by atoms with Crippen molar-refractivity contribution in [3.8, 4) is 0 Å². The van der Waals surface area contributed by atoms with Crippen LogP contribution in [0.3, 0.4) is 0 Å². The molecule has 106 valence electrons. The topological polar surface area (TPSA) is 49.4 Å². The predicted octanol–water partition coefficient (Wildman–Crippen LogP) is 2.30. The molecular formula is C16H20N2O2. The molecule has 1 saturated heterocycles. The Labute approximate surface area is 119 Å². The van der Waals surface area contributed by atoms with Crippen LogP contribution in [0.25, 0.3) is 0 Å². The van der Waals surface area contributed by atoms with Gasteiger partial charge in [-0.15, -0.1) is 0 Å². The molecule has 4 nitrogen and oxygen atoms in total. The molecule has 0 radical (unpaired) electrons. The summed E-state index contributed by atoms with van der Waals surface area (Å²) < 4.78 is 0. The van der Waals surface area contributed by atoms with E-state index in [2.05, 4.69) is 19.2 Å². The fourth-order valence-corrected chi connectivity index (χ4v) is 3.06. The van der Waals surface area contributed by atoms with Gasteiger partial charge in [0.05, 0.1) is 6.42 Å². The molecule has 0 bridgehead atoms. The quantitative estimate of drug-likeness (QED) is 0.898. The average molecular weight is 272 g/mol. The number of hydrogen-bond acceptors (Lipinski definition) is 2. The maximum Gasteiger partial charge on any atom is 0.253 e. The molecule has 2 amide bonds. The fourth-order valence-electron chi connectivity index (χ4n) is 3.06. The Balaban J connectivity index is 1.76. The number of nitrogens with zero attached hydrogens (tertiary/aromatic N) is 1. The van der Waals surface area contributed by atoms with E-state index < -0.39 is 0 Å². The Morgan fingerprint density at radius 1 is 1.40 bits per heavy atom. The predicted molar refractivity (Wildman–Crippen MR) is 77.6 cm³/mol. The third kappa shape index (κ3) is 2.30. The zero-order valence-electron chi connectivity index (χ0n) is 12.0. The standard InChI is InChI=1S/C16H20N2O2/c1-10(2)12-5-6-18(9-12)16(20)11-3-4-14-13(7-11)8-15(19)17-14/h3-4,7,10,12H,5-6,8-9H2,1-2H3,(H,17,19). The molecule has 2 aliphatic heterocycles. The highest BCUT2D eigenvalue weighted by Crippen LogP contribution is 2.27. The van der Waals surface area contributed by atoms with Crippen LogP contribution in [0.5, 0.6) is 0 Å². The highest BCUT2D eigenvalue weighted by atomic mass is 16.2. The van der Waals surface area contributed by atoms with Crippen LogP contribution in [0, 0.1) is 11.8 Å². The van der Waals surface area contributed by atoms with E-state index >= 15 is 0 Å². The van der Waals surface area contributed by atoms with Crippen LogP contribution >= 0.6 is 0 Å². The third-order valence-electron chi connectivity index (χ3n) is 4.43. The second kappa shape index (κ2) is 4.93. The molecule has 1 fully saturated rings. The van der Waals surface area contributed by atoms with Crippen molar-refractivity contribution in [3.05, 3.63) is 29.3 Å². The summed E-state index contributed by atoms with van der Waals surface area (Å²) in [5.74, 6) is 1.33. The number of nitrogens with one attached hydrogen (secondary N) is 1. The van der Waals surface area contributed by atoms with Crippen LogP contribution in [0.1, 0.15) is 36.2 Å². The van der Waals surface area contributed by atoms with Gasteiger partial charge < -0.3 is 10.2 Å². The first-order valence-electron chi connectivity index (χ1n) is 7.26. The zero-order valence-corrected chi connectivity index (χ0v) is 12.0. The number of amides is 2. The maximum absolute atomic E-state index is 12.5. The van der Waals surface area contributed by atoms with Crippen molar-refractivity contribution in [3.63, 3.8) is 0 Å². The molecule has 0 saturated carbocycles. The number of fused-ring (bicyclic) bond motifs is 1. The Morgan fingerprint density at radius 3 is 2.90 bits per heavy atom. The van der Waals surface area contributed by atoms with Gasteiger partial charge in [0.1, 0.15) is 0 Å². The molecule has 0 spiro atoms. The highest BCUT2D eigenvalue weighted by molar-refractivity contribution is 6.01. The number of carbonyl (C=O) groups excluding carboxylic acids is 2.